The molecule has 3 rings (SSSR count). The molecule has 1 aromatic carbocycles. The third-order valence-electron chi connectivity index (χ3n) is 3.76. The average molecular weight is 433 g/mol. The number of thiazole rings is 1. The van der Waals surface area contributed by atoms with Crippen LogP contribution in [0, 0.1) is 0 Å². The molecule has 0 aliphatic rings. The summed E-state index contributed by atoms with van der Waals surface area (Å²) in [6.07, 6.45) is -4.83. The Labute approximate surface area is 165 Å². The normalized spacial score (nSPS) is 12.8. The number of methoxy groups -OCH3 is 1. The molecule has 148 valence electrons. The van der Waals surface area contributed by atoms with Gasteiger partial charge in [-0.15, -0.1) is 0 Å². The van der Waals surface area contributed by atoms with Gasteiger partial charge in [-0.05, 0) is 31.2 Å². The maximum absolute atomic E-state index is 12.8. The number of carbonyl (C=O) groups is 1. The molecular formula is C17H12ClF3N2O4S. The van der Waals surface area contributed by atoms with E-state index in [0.717, 1.165) is 22.0 Å². The van der Waals surface area contributed by atoms with Crippen molar-refractivity contribution in [3.05, 3.63) is 50.7 Å². The fraction of sp³-hybridized carbons (Fsp3) is 0.235. The van der Waals surface area contributed by atoms with Gasteiger partial charge in [-0.25, -0.2) is 14.3 Å². The molecule has 6 nitrogen and oxygen atoms in total. The van der Waals surface area contributed by atoms with Crippen LogP contribution in [0.3, 0.4) is 0 Å². The van der Waals surface area contributed by atoms with Crippen LogP contribution in [0.15, 0.2) is 35.3 Å². The predicted molar refractivity (Wildman–Crippen MR) is 97.3 cm³/mol. The minimum atomic E-state index is -4.60. The molecule has 0 radical (unpaired) electrons. The molecule has 0 amide bonds. The van der Waals surface area contributed by atoms with Crippen LogP contribution < -0.4 is 9.61 Å². The Kier molecular flexibility index (Phi) is 5.35. The maximum atomic E-state index is 12.8. The number of pyridine rings is 1. The number of benzene rings is 1. The Morgan fingerprint density at radius 3 is 2.64 bits per heavy atom. The molecule has 1 unspecified atom stereocenters. The lowest BCUT2D eigenvalue weighted by molar-refractivity contribution is -0.147. The second kappa shape index (κ2) is 7.44. The molecule has 1 atom stereocenters. The highest BCUT2D eigenvalue weighted by Gasteiger charge is 2.32. The summed E-state index contributed by atoms with van der Waals surface area (Å²) in [5.74, 6) is -0.348. The van der Waals surface area contributed by atoms with Gasteiger partial charge in [0.1, 0.15) is 5.75 Å². The smallest absolute Gasteiger partial charge is 0.417 e. The Hall–Kier alpha value is -2.59. The Bertz CT molecular complexity index is 1110. The predicted octanol–water partition coefficient (Wildman–Crippen LogP) is 4.06. The van der Waals surface area contributed by atoms with E-state index in [-0.39, 0.29) is 10.8 Å². The summed E-state index contributed by atoms with van der Waals surface area (Å²) in [7, 11) is 1.23. The summed E-state index contributed by atoms with van der Waals surface area (Å²) in [6.45, 7) is 1.51. The lowest BCUT2D eigenvalue weighted by Crippen LogP contribution is -2.24. The van der Waals surface area contributed by atoms with Gasteiger partial charge in [0.15, 0.2) is 11.9 Å². The highest BCUT2D eigenvalue weighted by molar-refractivity contribution is 7.16. The summed E-state index contributed by atoms with van der Waals surface area (Å²) in [5, 5.41) is -0.309. The summed E-state index contributed by atoms with van der Waals surface area (Å²) in [5.41, 5.74) is -0.622. The standard InChI is InChI=1S/C17H12ClF3N2O4S/c1-8(15(24)26-2)27-10-3-4-12-13(6-10)28-16(25)23(12)14-11(18)5-9(7-22-14)17(19,20)21/h3-8H,1-2H3. The molecule has 11 heteroatoms. The van der Waals surface area contributed by atoms with Crippen molar-refractivity contribution < 1.29 is 27.4 Å². The van der Waals surface area contributed by atoms with Gasteiger partial charge in [-0.1, -0.05) is 22.9 Å². The number of rotatable bonds is 4. The van der Waals surface area contributed by atoms with Crippen LogP contribution in [0.5, 0.6) is 5.75 Å². The van der Waals surface area contributed by atoms with Crippen LogP contribution in [-0.2, 0) is 15.7 Å². The van der Waals surface area contributed by atoms with Gasteiger partial charge < -0.3 is 9.47 Å². The molecule has 0 bridgehead atoms. The van der Waals surface area contributed by atoms with E-state index in [4.69, 9.17) is 16.3 Å². The molecule has 0 N–H and O–H groups in total. The highest BCUT2D eigenvalue weighted by atomic mass is 35.5. The number of fused-ring (bicyclic) bond motifs is 1. The molecular weight excluding hydrogens is 421 g/mol. The van der Waals surface area contributed by atoms with Crippen molar-refractivity contribution >= 4 is 39.1 Å². The van der Waals surface area contributed by atoms with Gasteiger partial charge in [0.05, 0.1) is 27.9 Å². The van der Waals surface area contributed by atoms with Gasteiger partial charge in [0.25, 0.3) is 0 Å². The lowest BCUT2D eigenvalue weighted by Gasteiger charge is -2.12. The second-order valence-electron chi connectivity index (χ2n) is 5.64. The van der Waals surface area contributed by atoms with Crippen molar-refractivity contribution in [1.29, 1.82) is 0 Å². The molecule has 0 fully saturated rings. The summed E-state index contributed by atoms with van der Waals surface area (Å²) < 4.78 is 50.0. The fourth-order valence-corrected chi connectivity index (χ4v) is 3.60. The van der Waals surface area contributed by atoms with Crippen LogP contribution in [0.25, 0.3) is 16.0 Å². The number of hydrogen-bond acceptors (Lipinski definition) is 6. The molecule has 3 aromatic rings. The molecule has 0 aliphatic heterocycles. The zero-order valence-electron chi connectivity index (χ0n) is 14.4. The van der Waals surface area contributed by atoms with E-state index in [1.54, 1.807) is 0 Å². The van der Waals surface area contributed by atoms with E-state index >= 15 is 0 Å². The average Bonchev–Trinajstić information content (AvgIpc) is 2.95. The minimum Gasteiger partial charge on any atom is -0.479 e. The summed E-state index contributed by atoms with van der Waals surface area (Å²) in [6, 6.07) is 5.30. The second-order valence-corrected chi connectivity index (χ2v) is 7.04. The van der Waals surface area contributed by atoms with Gasteiger partial charge in [0, 0.05) is 6.20 Å². The van der Waals surface area contributed by atoms with Crippen molar-refractivity contribution in [1.82, 2.24) is 9.55 Å². The molecule has 2 aromatic heterocycles. The fourth-order valence-electron chi connectivity index (χ4n) is 2.44. The van der Waals surface area contributed by atoms with E-state index in [0.29, 0.717) is 22.2 Å². The van der Waals surface area contributed by atoms with Crippen molar-refractivity contribution in [2.24, 2.45) is 0 Å². The number of ether oxygens (including phenoxy) is 2. The van der Waals surface area contributed by atoms with Gasteiger partial charge in [0.2, 0.25) is 0 Å². The first kappa shape index (κ1) is 20.2. The zero-order valence-corrected chi connectivity index (χ0v) is 16.0. The van der Waals surface area contributed by atoms with Gasteiger partial charge in [-0.2, -0.15) is 13.2 Å². The summed E-state index contributed by atoms with van der Waals surface area (Å²) >= 11 is 6.79. The van der Waals surface area contributed by atoms with E-state index in [1.165, 1.54) is 32.2 Å². The maximum Gasteiger partial charge on any atom is 0.417 e. The third-order valence-corrected chi connectivity index (χ3v) is 4.94. The first-order chi connectivity index (χ1) is 13.1. The minimum absolute atomic E-state index is 0.109. The van der Waals surface area contributed by atoms with Crippen LogP contribution in [0.1, 0.15) is 12.5 Å². The molecule has 0 aliphatic carbocycles. The highest BCUT2D eigenvalue weighted by Crippen LogP contribution is 2.33. The zero-order chi connectivity index (χ0) is 20.6. The SMILES string of the molecule is COC(=O)C(C)Oc1ccc2c(c1)sc(=O)n2-c1ncc(C(F)(F)F)cc1Cl. The number of carbonyl (C=O) groups excluding carboxylic acids is 1. The third kappa shape index (κ3) is 3.83. The summed E-state index contributed by atoms with van der Waals surface area (Å²) in [4.78, 5) is 27.1. The van der Waals surface area contributed by atoms with E-state index in [9.17, 15) is 22.8 Å². The van der Waals surface area contributed by atoms with Crippen molar-refractivity contribution in [2.45, 2.75) is 19.2 Å². The molecule has 28 heavy (non-hydrogen) atoms. The largest absolute Gasteiger partial charge is 0.479 e. The van der Waals surface area contributed by atoms with Crippen molar-refractivity contribution in [3.8, 4) is 11.6 Å². The number of halogens is 4. The number of esters is 1. The number of nitrogens with zero attached hydrogens (tertiary/aromatic N) is 2. The Morgan fingerprint density at radius 2 is 2.04 bits per heavy atom. The Balaban J connectivity index is 2.03. The number of alkyl halides is 3. The molecule has 0 spiro atoms. The lowest BCUT2D eigenvalue weighted by atomic mass is 10.2. The number of hydrogen-bond donors (Lipinski definition) is 0. The topological polar surface area (TPSA) is 70.4 Å². The van der Waals surface area contributed by atoms with Crippen molar-refractivity contribution in [2.75, 3.05) is 7.11 Å². The molecule has 0 saturated heterocycles. The van der Waals surface area contributed by atoms with Crippen LogP contribution in [-0.4, -0.2) is 28.7 Å². The Morgan fingerprint density at radius 1 is 1.32 bits per heavy atom. The quantitative estimate of drug-likeness (QED) is 0.581. The van der Waals surface area contributed by atoms with Crippen LogP contribution in [0.2, 0.25) is 5.02 Å². The number of aromatic nitrogens is 2. The molecule has 2 heterocycles. The van der Waals surface area contributed by atoms with E-state index in [2.05, 4.69) is 9.72 Å². The first-order valence-electron chi connectivity index (χ1n) is 7.75. The van der Waals surface area contributed by atoms with Gasteiger partial charge in [-0.3, -0.25) is 4.79 Å². The van der Waals surface area contributed by atoms with E-state index in [1.807, 2.05) is 0 Å². The molecule has 0 saturated carbocycles. The van der Waals surface area contributed by atoms with Crippen LogP contribution >= 0.6 is 22.9 Å². The van der Waals surface area contributed by atoms with Crippen molar-refractivity contribution in [3.63, 3.8) is 0 Å². The monoisotopic (exact) mass is 432 g/mol. The van der Waals surface area contributed by atoms with Crippen LogP contribution in [0.4, 0.5) is 13.2 Å². The van der Waals surface area contributed by atoms with E-state index < -0.39 is 28.7 Å². The van der Waals surface area contributed by atoms with Gasteiger partial charge >= 0.3 is 17.0 Å². The first-order valence-corrected chi connectivity index (χ1v) is 8.94.